The van der Waals surface area contributed by atoms with Crippen molar-refractivity contribution in [1.29, 1.82) is 0 Å². The lowest BCUT2D eigenvalue weighted by atomic mass is 9.99. The van der Waals surface area contributed by atoms with E-state index in [1.54, 1.807) is 18.5 Å². The maximum atomic E-state index is 13.3. The summed E-state index contributed by atoms with van der Waals surface area (Å²) < 4.78 is 26.3. The molecule has 0 bridgehead atoms. The quantitative estimate of drug-likeness (QED) is 0.894. The fourth-order valence-corrected chi connectivity index (χ4v) is 2.04. The van der Waals surface area contributed by atoms with Gasteiger partial charge in [-0.3, -0.25) is 4.98 Å². The summed E-state index contributed by atoms with van der Waals surface area (Å²) in [6.45, 7) is 2.74. The summed E-state index contributed by atoms with van der Waals surface area (Å²) in [5.41, 5.74) is 1.85. The minimum absolute atomic E-state index is 0.0394. The van der Waals surface area contributed by atoms with Crippen LogP contribution in [-0.4, -0.2) is 11.5 Å². The number of hydrogen-bond donors (Lipinski definition) is 1. The van der Waals surface area contributed by atoms with Gasteiger partial charge in [-0.25, -0.2) is 8.78 Å². The molecule has 1 aromatic carbocycles. The van der Waals surface area contributed by atoms with Gasteiger partial charge in [0.25, 0.3) is 0 Å². The Bertz CT molecular complexity index is 529. The first-order valence-electron chi connectivity index (χ1n) is 6.28. The number of hydrogen-bond acceptors (Lipinski definition) is 2. The highest BCUT2D eigenvalue weighted by molar-refractivity contribution is 5.24. The molecular formula is C15H16F2N2. The number of likely N-dealkylation sites (N-methyl/N-ethyl adjacent to an activating group) is 1. The third-order valence-corrected chi connectivity index (χ3v) is 2.99. The topological polar surface area (TPSA) is 24.9 Å². The summed E-state index contributed by atoms with van der Waals surface area (Å²) >= 11 is 0. The van der Waals surface area contributed by atoms with Crippen LogP contribution >= 0.6 is 0 Å². The molecule has 2 nitrogen and oxygen atoms in total. The standard InChI is InChI=1S/C15H16F2N2/c1-2-19-15(9-11-5-7-18-8-6-11)12-3-4-13(16)14(17)10-12/h3-8,10,15,19H,2,9H2,1H3. The average Bonchev–Trinajstić information content (AvgIpc) is 2.43. The van der Waals surface area contributed by atoms with Gasteiger partial charge >= 0.3 is 0 Å². The highest BCUT2D eigenvalue weighted by Gasteiger charge is 2.13. The molecule has 0 saturated heterocycles. The normalized spacial score (nSPS) is 12.4. The second kappa shape index (κ2) is 6.38. The Labute approximate surface area is 111 Å². The minimum atomic E-state index is -0.817. The summed E-state index contributed by atoms with van der Waals surface area (Å²) in [6, 6.07) is 7.84. The van der Waals surface area contributed by atoms with Gasteiger partial charge in [-0.05, 0) is 48.4 Å². The molecule has 19 heavy (non-hydrogen) atoms. The summed E-state index contributed by atoms with van der Waals surface area (Å²) in [7, 11) is 0. The van der Waals surface area contributed by atoms with Gasteiger partial charge in [0, 0.05) is 18.4 Å². The minimum Gasteiger partial charge on any atom is -0.310 e. The van der Waals surface area contributed by atoms with E-state index in [2.05, 4.69) is 10.3 Å². The SMILES string of the molecule is CCNC(Cc1ccncc1)c1ccc(F)c(F)c1. The van der Waals surface area contributed by atoms with Crippen molar-refractivity contribution in [1.82, 2.24) is 10.3 Å². The molecule has 2 rings (SSSR count). The Morgan fingerprint density at radius 3 is 2.47 bits per heavy atom. The molecule has 1 heterocycles. The highest BCUT2D eigenvalue weighted by atomic mass is 19.2. The molecule has 1 unspecified atom stereocenters. The van der Waals surface area contributed by atoms with Gasteiger partial charge in [0.2, 0.25) is 0 Å². The summed E-state index contributed by atoms with van der Waals surface area (Å²) in [5.74, 6) is -1.63. The van der Waals surface area contributed by atoms with Gasteiger partial charge in [0.1, 0.15) is 0 Å². The first-order valence-corrected chi connectivity index (χ1v) is 6.28. The number of rotatable bonds is 5. The highest BCUT2D eigenvalue weighted by Crippen LogP contribution is 2.20. The smallest absolute Gasteiger partial charge is 0.159 e. The number of nitrogens with one attached hydrogen (secondary N) is 1. The molecule has 4 heteroatoms. The Morgan fingerprint density at radius 2 is 1.84 bits per heavy atom. The van der Waals surface area contributed by atoms with Crippen molar-refractivity contribution in [3.63, 3.8) is 0 Å². The van der Waals surface area contributed by atoms with Crippen molar-refractivity contribution < 1.29 is 8.78 Å². The largest absolute Gasteiger partial charge is 0.310 e. The van der Waals surface area contributed by atoms with Crippen molar-refractivity contribution >= 4 is 0 Å². The van der Waals surface area contributed by atoms with Gasteiger partial charge in [-0.15, -0.1) is 0 Å². The molecule has 0 aliphatic carbocycles. The maximum absolute atomic E-state index is 13.3. The third kappa shape index (κ3) is 3.58. The second-order valence-electron chi connectivity index (χ2n) is 4.34. The Balaban J connectivity index is 2.21. The lowest BCUT2D eigenvalue weighted by molar-refractivity contribution is 0.497. The summed E-state index contributed by atoms with van der Waals surface area (Å²) in [4.78, 5) is 3.97. The molecule has 100 valence electrons. The van der Waals surface area contributed by atoms with E-state index in [0.29, 0.717) is 6.42 Å². The van der Waals surface area contributed by atoms with Crippen LogP contribution < -0.4 is 5.32 Å². The van der Waals surface area contributed by atoms with Crippen LogP contribution in [0.1, 0.15) is 24.1 Å². The van der Waals surface area contributed by atoms with E-state index in [9.17, 15) is 8.78 Å². The first-order chi connectivity index (χ1) is 9.20. The molecule has 1 N–H and O–H groups in total. The van der Waals surface area contributed by atoms with Crippen LogP contribution in [0.25, 0.3) is 0 Å². The van der Waals surface area contributed by atoms with Gasteiger partial charge in [-0.2, -0.15) is 0 Å². The summed E-state index contributed by atoms with van der Waals surface area (Å²) in [5, 5.41) is 3.28. The molecule has 0 saturated carbocycles. The van der Waals surface area contributed by atoms with Crippen LogP contribution in [0.2, 0.25) is 0 Å². The molecular weight excluding hydrogens is 246 g/mol. The van der Waals surface area contributed by atoms with Crippen molar-refractivity contribution in [2.45, 2.75) is 19.4 Å². The van der Waals surface area contributed by atoms with Crippen molar-refractivity contribution in [2.75, 3.05) is 6.54 Å². The average molecular weight is 262 g/mol. The summed E-state index contributed by atoms with van der Waals surface area (Å²) in [6.07, 6.45) is 4.16. The monoisotopic (exact) mass is 262 g/mol. The van der Waals surface area contributed by atoms with E-state index in [4.69, 9.17) is 0 Å². The van der Waals surface area contributed by atoms with E-state index >= 15 is 0 Å². The van der Waals surface area contributed by atoms with Crippen LogP contribution in [0.5, 0.6) is 0 Å². The van der Waals surface area contributed by atoms with Crippen molar-refractivity contribution in [3.8, 4) is 0 Å². The molecule has 0 radical (unpaired) electrons. The number of pyridine rings is 1. The zero-order valence-electron chi connectivity index (χ0n) is 10.7. The molecule has 0 aliphatic rings. The molecule has 0 spiro atoms. The maximum Gasteiger partial charge on any atom is 0.159 e. The molecule has 0 aliphatic heterocycles. The number of nitrogens with zero attached hydrogens (tertiary/aromatic N) is 1. The molecule has 1 atom stereocenters. The van der Waals surface area contributed by atoms with E-state index in [1.807, 2.05) is 19.1 Å². The van der Waals surface area contributed by atoms with Gasteiger partial charge in [0.05, 0.1) is 0 Å². The molecule has 1 aromatic heterocycles. The fourth-order valence-electron chi connectivity index (χ4n) is 2.04. The predicted molar refractivity (Wildman–Crippen MR) is 70.7 cm³/mol. The number of benzene rings is 1. The molecule has 0 fully saturated rings. The van der Waals surface area contributed by atoms with Crippen LogP contribution in [0.15, 0.2) is 42.7 Å². The zero-order valence-corrected chi connectivity index (χ0v) is 10.7. The van der Waals surface area contributed by atoms with Gasteiger partial charge in [0.15, 0.2) is 11.6 Å². The van der Waals surface area contributed by atoms with E-state index in [0.717, 1.165) is 17.7 Å². The van der Waals surface area contributed by atoms with Gasteiger partial charge in [-0.1, -0.05) is 13.0 Å². The predicted octanol–water partition coefficient (Wildman–Crippen LogP) is 3.25. The van der Waals surface area contributed by atoms with Crippen LogP contribution in [0.4, 0.5) is 8.78 Å². The fraction of sp³-hybridized carbons (Fsp3) is 0.267. The Hall–Kier alpha value is -1.81. The van der Waals surface area contributed by atoms with Crippen LogP contribution in [-0.2, 0) is 6.42 Å². The first kappa shape index (κ1) is 13.6. The van der Waals surface area contributed by atoms with E-state index in [1.165, 1.54) is 12.1 Å². The molecule has 2 aromatic rings. The third-order valence-electron chi connectivity index (χ3n) is 2.99. The van der Waals surface area contributed by atoms with E-state index in [-0.39, 0.29) is 6.04 Å². The second-order valence-corrected chi connectivity index (χ2v) is 4.34. The van der Waals surface area contributed by atoms with Crippen molar-refractivity contribution in [2.24, 2.45) is 0 Å². The lowest BCUT2D eigenvalue weighted by Gasteiger charge is -2.18. The van der Waals surface area contributed by atoms with Crippen LogP contribution in [0, 0.1) is 11.6 Å². The van der Waals surface area contributed by atoms with Crippen molar-refractivity contribution in [3.05, 3.63) is 65.5 Å². The number of aromatic nitrogens is 1. The Morgan fingerprint density at radius 1 is 1.11 bits per heavy atom. The van der Waals surface area contributed by atoms with E-state index < -0.39 is 11.6 Å². The number of halogens is 2. The Kier molecular flexibility index (Phi) is 4.58. The van der Waals surface area contributed by atoms with Gasteiger partial charge < -0.3 is 5.32 Å². The van der Waals surface area contributed by atoms with Crippen LogP contribution in [0.3, 0.4) is 0 Å². The lowest BCUT2D eigenvalue weighted by Crippen LogP contribution is -2.23. The zero-order chi connectivity index (χ0) is 13.7. The molecule has 0 amide bonds.